The second-order valence-corrected chi connectivity index (χ2v) is 12.4. The molecule has 0 radical (unpaired) electrons. The summed E-state index contributed by atoms with van der Waals surface area (Å²) in [4.78, 5) is 14.6. The second-order valence-electron chi connectivity index (χ2n) is 12.4. The molecular weight excluding hydrogens is 446 g/mol. The first-order valence-corrected chi connectivity index (χ1v) is 13.9. The number of nitrogens with zero attached hydrogens (tertiary/aromatic N) is 1. The fourth-order valence-electron chi connectivity index (χ4n) is 8.82. The van der Waals surface area contributed by atoms with E-state index in [1.807, 2.05) is 13.0 Å². The SMILES string of the molecule is CC#C[C@]1(O)CC[C@H]2[C@@H]3CCC4=CC(=O)CC[C@]4(C)[C@H]3[C@@H](c3ccc(N(C)CCOC)cc3)C[C@@]21C. The van der Waals surface area contributed by atoms with Crippen LogP contribution in [0.25, 0.3) is 0 Å². The van der Waals surface area contributed by atoms with Gasteiger partial charge in [0.15, 0.2) is 5.78 Å². The first-order valence-electron chi connectivity index (χ1n) is 13.9. The highest BCUT2D eigenvalue weighted by atomic mass is 16.5. The molecule has 1 aromatic rings. The molecule has 0 amide bonds. The fraction of sp³-hybridized carbons (Fsp3) is 0.656. The standard InChI is InChI=1S/C32H43NO3/c1-6-15-32(35)17-14-28-26-12-9-23-20-25(34)13-16-30(23,2)29(26)27(21-31(28,32)3)22-7-10-24(11-8-22)33(4)18-19-36-5/h7-8,10-11,20,26-29,35H,9,12-14,16-19,21H2,1-5H3/t26-,27+,28-,29+,30-,31-,32-/m0/s1. The van der Waals surface area contributed by atoms with Gasteiger partial charge in [-0.05, 0) is 98.3 Å². The summed E-state index contributed by atoms with van der Waals surface area (Å²) in [7, 11) is 3.85. The minimum atomic E-state index is -0.921. The van der Waals surface area contributed by atoms with E-state index >= 15 is 0 Å². The number of carbonyl (C=O) groups excluding carboxylic acids is 1. The minimum absolute atomic E-state index is 0.0495. The molecule has 0 saturated heterocycles. The lowest BCUT2D eigenvalue weighted by Gasteiger charge is -2.61. The highest BCUT2D eigenvalue weighted by Gasteiger charge is 2.66. The lowest BCUT2D eigenvalue weighted by atomic mass is 9.43. The summed E-state index contributed by atoms with van der Waals surface area (Å²) >= 11 is 0. The van der Waals surface area contributed by atoms with Crippen molar-refractivity contribution in [1.29, 1.82) is 0 Å². The number of ether oxygens (including phenoxy) is 1. The molecule has 0 unspecified atom stereocenters. The quantitative estimate of drug-likeness (QED) is 0.535. The molecule has 1 N–H and O–H groups in total. The number of aliphatic hydroxyl groups is 1. The van der Waals surface area contributed by atoms with Crippen LogP contribution in [0, 0.1) is 40.4 Å². The zero-order chi connectivity index (χ0) is 25.7. The van der Waals surface area contributed by atoms with Crippen molar-refractivity contribution < 1.29 is 14.6 Å². The van der Waals surface area contributed by atoms with Gasteiger partial charge in [0.05, 0.1) is 6.61 Å². The van der Waals surface area contributed by atoms with Crippen molar-refractivity contribution in [3.63, 3.8) is 0 Å². The lowest BCUT2D eigenvalue weighted by molar-refractivity contribution is -0.122. The van der Waals surface area contributed by atoms with Crippen molar-refractivity contribution in [3.05, 3.63) is 41.5 Å². The largest absolute Gasteiger partial charge is 0.383 e. The first kappa shape index (κ1) is 25.6. The van der Waals surface area contributed by atoms with Gasteiger partial charge in [-0.3, -0.25) is 4.79 Å². The van der Waals surface area contributed by atoms with Gasteiger partial charge in [-0.1, -0.05) is 37.5 Å². The zero-order valence-electron chi connectivity index (χ0n) is 22.8. The molecule has 4 heteroatoms. The molecule has 194 valence electrons. The molecule has 36 heavy (non-hydrogen) atoms. The Bertz CT molecular complexity index is 1100. The summed E-state index contributed by atoms with van der Waals surface area (Å²) in [6.07, 6.45) is 8.50. The topological polar surface area (TPSA) is 49.8 Å². The van der Waals surface area contributed by atoms with Gasteiger partial charge in [0, 0.05) is 38.2 Å². The first-order chi connectivity index (χ1) is 17.2. The number of fused-ring (bicyclic) bond motifs is 5. The molecule has 0 aromatic heterocycles. The molecule has 4 nitrogen and oxygen atoms in total. The van der Waals surface area contributed by atoms with Crippen LogP contribution in [0.15, 0.2) is 35.9 Å². The molecule has 5 rings (SSSR count). The van der Waals surface area contributed by atoms with Gasteiger partial charge in [-0.25, -0.2) is 0 Å². The van der Waals surface area contributed by atoms with Gasteiger partial charge in [-0.2, -0.15) is 0 Å². The van der Waals surface area contributed by atoms with Gasteiger partial charge < -0.3 is 14.7 Å². The number of likely N-dealkylation sites (N-methyl/N-ethyl adjacent to an activating group) is 1. The van der Waals surface area contributed by atoms with Crippen molar-refractivity contribution in [2.75, 3.05) is 32.2 Å². The van der Waals surface area contributed by atoms with Crippen LogP contribution in [0.3, 0.4) is 0 Å². The van der Waals surface area contributed by atoms with E-state index in [2.05, 4.69) is 61.9 Å². The predicted octanol–water partition coefficient (Wildman–Crippen LogP) is 5.75. The van der Waals surface area contributed by atoms with E-state index < -0.39 is 5.60 Å². The van der Waals surface area contributed by atoms with Crippen LogP contribution in [0.1, 0.15) is 77.2 Å². The Morgan fingerprint density at radius 2 is 1.89 bits per heavy atom. The van der Waals surface area contributed by atoms with E-state index in [1.165, 1.54) is 16.8 Å². The Morgan fingerprint density at radius 1 is 1.14 bits per heavy atom. The van der Waals surface area contributed by atoms with Crippen molar-refractivity contribution in [2.24, 2.45) is 28.6 Å². The second kappa shape index (κ2) is 9.34. The maximum atomic E-state index is 12.4. The third-order valence-corrected chi connectivity index (χ3v) is 10.8. The predicted molar refractivity (Wildman–Crippen MR) is 145 cm³/mol. The maximum Gasteiger partial charge on any atom is 0.155 e. The normalized spacial score (nSPS) is 39.3. The smallest absolute Gasteiger partial charge is 0.155 e. The number of hydrogen-bond donors (Lipinski definition) is 1. The van der Waals surface area contributed by atoms with Gasteiger partial charge in [-0.15, -0.1) is 5.92 Å². The van der Waals surface area contributed by atoms with Crippen LogP contribution in [0.4, 0.5) is 5.69 Å². The van der Waals surface area contributed by atoms with Gasteiger partial charge in [0.1, 0.15) is 5.60 Å². The van der Waals surface area contributed by atoms with Crippen LogP contribution in [-0.4, -0.2) is 43.8 Å². The number of anilines is 1. The van der Waals surface area contributed by atoms with Crippen molar-refractivity contribution in [1.82, 2.24) is 0 Å². The van der Waals surface area contributed by atoms with Crippen LogP contribution >= 0.6 is 0 Å². The Kier molecular flexibility index (Phi) is 6.63. The van der Waals surface area contributed by atoms with Crippen molar-refractivity contribution in [2.45, 2.75) is 77.2 Å². The Balaban J connectivity index is 1.57. The van der Waals surface area contributed by atoms with Crippen molar-refractivity contribution in [3.8, 4) is 11.8 Å². The molecule has 3 fully saturated rings. The Labute approximate surface area is 217 Å². The summed E-state index contributed by atoms with van der Waals surface area (Å²) < 4.78 is 5.27. The highest BCUT2D eigenvalue weighted by molar-refractivity contribution is 5.91. The van der Waals surface area contributed by atoms with Gasteiger partial charge in [0.2, 0.25) is 0 Å². The molecule has 0 heterocycles. The third-order valence-electron chi connectivity index (χ3n) is 10.8. The molecule has 0 bridgehead atoms. The molecular formula is C32H43NO3. The molecule has 4 aliphatic carbocycles. The van der Waals surface area contributed by atoms with Crippen LogP contribution in [0.5, 0.6) is 0 Å². The lowest BCUT2D eigenvalue weighted by Crippen LogP contribution is -2.57. The van der Waals surface area contributed by atoms with E-state index in [0.29, 0.717) is 42.5 Å². The Morgan fingerprint density at radius 3 is 2.58 bits per heavy atom. The van der Waals surface area contributed by atoms with Gasteiger partial charge in [0.25, 0.3) is 0 Å². The third kappa shape index (κ3) is 3.86. The van der Waals surface area contributed by atoms with E-state index in [-0.39, 0.29) is 10.8 Å². The summed E-state index contributed by atoms with van der Waals surface area (Å²) in [6.45, 7) is 8.18. The molecule has 4 aliphatic rings. The minimum Gasteiger partial charge on any atom is -0.383 e. The maximum absolute atomic E-state index is 12.4. The van der Waals surface area contributed by atoms with E-state index in [4.69, 9.17) is 4.74 Å². The van der Waals surface area contributed by atoms with E-state index in [1.54, 1.807) is 7.11 Å². The van der Waals surface area contributed by atoms with E-state index in [9.17, 15) is 9.90 Å². The van der Waals surface area contributed by atoms with Crippen molar-refractivity contribution >= 4 is 11.5 Å². The number of hydrogen-bond acceptors (Lipinski definition) is 4. The molecule has 7 atom stereocenters. The van der Waals surface area contributed by atoms with Crippen LogP contribution in [-0.2, 0) is 9.53 Å². The zero-order valence-corrected chi connectivity index (χ0v) is 22.8. The number of rotatable bonds is 5. The van der Waals surface area contributed by atoms with Crippen LogP contribution in [0.2, 0.25) is 0 Å². The number of methoxy groups -OCH3 is 1. The fourth-order valence-corrected chi connectivity index (χ4v) is 8.82. The molecule has 3 saturated carbocycles. The average Bonchev–Trinajstić information content (AvgIpc) is 3.12. The molecule has 0 spiro atoms. The van der Waals surface area contributed by atoms with E-state index in [0.717, 1.165) is 45.1 Å². The summed E-state index contributed by atoms with van der Waals surface area (Å²) in [6, 6.07) is 9.12. The van der Waals surface area contributed by atoms with Crippen LogP contribution < -0.4 is 4.90 Å². The number of allylic oxidation sites excluding steroid dienone is 1. The monoisotopic (exact) mass is 489 g/mol. The molecule has 1 aromatic carbocycles. The van der Waals surface area contributed by atoms with Gasteiger partial charge >= 0.3 is 0 Å². The number of benzene rings is 1. The number of carbonyl (C=O) groups is 1. The summed E-state index contributed by atoms with van der Waals surface area (Å²) in [5, 5.41) is 11.9. The summed E-state index contributed by atoms with van der Waals surface area (Å²) in [5.74, 6) is 8.47. The summed E-state index contributed by atoms with van der Waals surface area (Å²) in [5.41, 5.74) is 2.85. The average molecular weight is 490 g/mol. The Hall–Kier alpha value is -2.09. The molecule has 0 aliphatic heterocycles. The highest BCUT2D eigenvalue weighted by Crippen LogP contribution is 2.70. The number of ketones is 1.